The molecule has 0 radical (unpaired) electrons. The summed E-state index contributed by atoms with van der Waals surface area (Å²) >= 11 is 3.13. The van der Waals surface area contributed by atoms with Crippen molar-refractivity contribution in [2.75, 3.05) is 6.54 Å². The molecule has 0 spiro atoms. The first-order valence-corrected chi connectivity index (χ1v) is 4.76. The van der Waals surface area contributed by atoms with E-state index in [0.29, 0.717) is 11.0 Å². The zero-order chi connectivity index (χ0) is 9.84. The Morgan fingerprint density at radius 2 is 2.31 bits per heavy atom. The lowest BCUT2D eigenvalue weighted by atomic mass is 10.1. The molecule has 2 N–H and O–H groups in total. The van der Waals surface area contributed by atoms with Gasteiger partial charge in [0.2, 0.25) is 0 Å². The molecule has 0 aliphatic rings. The van der Waals surface area contributed by atoms with E-state index in [-0.39, 0.29) is 5.82 Å². The molecule has 0 heterocycles. The lowest BCUT2D eigenvalue weighted by molar-refractivity contribution is 0.621. The summed E-state index contributed by atoms with van der Waals surface area (Å²) in [5.41, 5.74) is 7.42. The Morgan fingerprint density at radius 3 is 2.85 bits per heavy atom. The molecule has 0 unspecified atom stereocenters. The minimum absolute atomic E-state index is 0.246. The van der Waals surface area contributed by atoms with Gasteiger partial charge in [-0.1, -0.05) is 12.1 Å². The summed E-state index contributed by atoms with van der Waals surface area (Å²) in [5.74, 6) is -0.246. The second-order valence-electron chi connectivity index (χ2n) is 2.75. The van der Waals surface area contributed by atoms with Crippen LogP contribution < -0.4 is 5.73 Å². The fourth-order valence-electron chi connectivity index (χ4n) is 1.04. The van der Waals surface area contributed by atoms with E-state index in [4.69, 9.17) is 5.73 Å². The molecule has 0 aliphatic heterocycles. The Morgan fingerprint density at radius 1 is 1.62 bits per heavy atom. The third-order valence-electron chi connectivity index (χ3n) is 1.80. The molecule has 1 nitrogen and oxygen atoms in total. The number of hydrogen-bond donors (Lipinski definition) is 1. The fraction of sp³-hybridized carbons (Fsp3) is 0.200. The van der Waals surface area contributed by atoms with E-state index < -0.39 is 0 Å². The van der Waals surface area contributed by atoms with E-state index in [0.717, 1.165) is 11.1 Å². The van der Waals surface area contributed by atoms with Crippen LogP contribution in [0, 0.1) is 5.82 Å². The molecule has 0 amide bonds. The van der Waals surface area contributed by atoms with Crippen molar-refractivity contribution in [1.29, 1.82) is 0 Å². The van der Waals surface area contributed by atoms with Crippen molar-refractivity contribution in [2.45, 2.75) is 6.92 Å². The van der Waals surface area contributed by atoms with Crippen molar-refractivity contribution >= 4 is 21.5 Å². The van der Waals surface area contributed by atoms with Gasteiger partial charge in [-0.25, -0.2) is 4.39 Å². The highest BCUT2D eigenvalue weighted by Crippen LogP contribution is 2.21. The van der Waals surface area contributed by atoms with E-state index in [9.17, 15) is 4.39 Å². The summed E-state index contributed by atoms with van der Waals surface area (Å²) in [7, 11) is 0. The molecule has 70 valence electrons. The van der Waals surface area contributed by atoms with Crippen molar-refractivity contribution in [3.8, 4) is 0 Å². The maximum Gasteiger partial charge on any atom is 0.137 e. The van der Waals surface area contributed by atoms with E-state index in [2.05, 4.69) is 15.9 Å². The van der Waals surface area contributed by atoms with Crippen LogP contribution in [0.1, 0.15) is 12.5 Å². The highest BCUT2D eigenvalue weighted by Gasteiger charge is 2.00. The lowest BCUT2D eigenvalue weighted by Gasteiger charge is -2.02. The van der Waals surface area contributed by atoms with Gasteiger partial charge in [-0.15, -0.1) is 0 Å². The summed E-state index contributed by atoms with van der Waals surface area (Å²) in [5, 5.41) is 0. The van der Waals surface area contributed by atoms with Crippen molar-refractivity contribution < 1.29 is 4.39 Å². The van der Waals surface area contributed by atoms with Gasteiger partial charge in [0.1, 0.15) is 5.82 Å². The topological polar surface area (TPSA) is 26.0 Å². The first-order chi connectivity index (χ1) is 6.15. The zero-order valence-corrected chi connectivity index (χ0v) is 8.94. The van der Waals surface area contributed by atoms with Gasteiger partial charge in [0.25, 0.3) is 0 Å². The number of hydrogen-bond acceptors (Lipinski definition) is 1. The number of benzene rings is 1. The monoisotopic (exact) mass is 243 g/mol. The van der Waals surface area contributed by atoms with Gasteiger partial charge in [0.05, 0.1) is 4.47 Å². The molecule has 0 bridgehead atoms. The minimum atomic E-state index is -0.246. The molecule has 13 heavy (non-hydrogen) atoms. The normalized spacial score (nSPS) is 11.8. The van der Waals surface area contributed by atoms with E-state index in [1.165, 1.54) is 6.07 Å². The standard InChI is InChI=1S/C10H11BrFN/c1-7(4-5-13)8-2-3-10(12)9(11)6-8/h2-4,6H,5,13H2,1H3. The molecule has 1 aromatic rings. The van der Waals surface area contributed by atoms with Crippen LogP contribution in [0.3, 0.4) is 0 Å². The van der Waals surface area contributed by atoms with Crippen molar-refractivity contribution in [1.82, 2.24) is 0 Å². The predicted octanol–water partition coefficient (Wildman–Crippen LogP) is 2.95. The SMILES string of the molecule is CC(=CCN)c1ccc(F)c(Br)c1. The highest BCUT2D eigenvalue weighted by molar-refractivity contribution is 9.10. The number of halogens is 2. The second-order valence-corrected chi connectivity index (χ2v) is 3.61. The van der Waals surface area contributed by atoms with Crippen LogP contribution in [0.5, 0.6) is 0 Å². The smallest absolute Gasteiger partial charge is 0.137 e. The van der Waals surface area contributed by atoms with E-state index in [1.54, 1.807) is 12.1 Å². The van der Waals surface area contributed by atoms with Crippen LogP contribution in [0.15, 0.2) is 28.7 Å². The van der Waals surface area contributed by atoms with Crippen LogP contribution in [0.2, 0.25) is 0 Å². The summed E-state index contributed by atoms with van der Waals surface area (Å²) in [6, 6.07) is 4.92. The van der Waals surface area contributed by atoms with E-state index in [1.807, 2.05) is 13.0 Å². The van der Waals surface area contributed by atoms with Crippen molar-refractivity contribution in [3.63, 3.8) is 0 Å². The van der Waals surface area contributed by atoms with Crippen LogP contribution in [0.25, 0.3) is 5.57 Å². The van der Waals surface area contributed by atoms with Crippen LogP contribution in [0.4, 0.5) is 4.39 Å². The van der Waals surface area contributed by atoms with Gasteiger partial charge in [-0.3, -0.25) is 0 Å². The molecule has 0 atom stereocenters. The number of rotatable bonds is 2. The quantitative estimate of drug-likeness (QED) is 0.850. The Hall–Kier alpha value is -0.670. The third-order valence-corrected chi connectivity index (χ3v) is 2.41. The van der Waals surface area contributed by atoms with Gasteiger partial charge in [0, 0.05) is 6.54 Å². The molecule has 0 fully saturated rings. The van der Waals surface area contributed by atoms with Crippen LogP contribution in [-0.2, 0) is 0 Å². The van der Waals surface area contributed by atoms with Gasteiger partial charge in [0.15, 0.2) is 0 Å². The van der Waals surface area contributed by atoms with Gasteiger partial charge < -0.3 is 5.73 Å². The molecule has 1 aromatic carbocycles. The number of allylic oxidation sites excluding steroid dienone is 1. The maximum absolute atomic E-state index is 12.9. The molecule has 1 rings (SSSR count). The summed E-state index contributed by atoms with van der Waals surface area (Å²) in [4.78, 5) is 0. The van der Waals surface area contributed by atoms with Gasteiger partial charge >= 0.3 is 0 Å². The van der Waals surface area contributed by atoms with Crippen molar-refractivity contribution in [2.24, 2.45) is 5.73 Å². The third kappa shape index (κ3) is 2.64. The summed E-state index contributed by atoms with van der Waals surface area (Å²) < 4.78 is 13.3. The largest absolute Gasteiger partial charge is 0.327 e. The first-order valence-electron chi connectivity index (χ1n) is 3.97. The van der Waals surface area contributed by atoms with E-state index >= 15 is 0 Å². The molecule has 0 saturated carbocycles. The summed E-state index contributed by atoms with van der Waals surface area (Å²) in [6.45, 7) is 2.45. The molecular weight excluding hydrogens is 233 g/mol. The minimum Gasteiger partial charge on any atom is -0.327 e. The van der Waals surface area contributed by atoms with Crippen molar-refractivity contribution in [3.05, 3.63) is 40.1 Å². The Kier molecular flexibility index (Phi) is 3.63. The summed E-state index contributed by atoms with van der Waals surface area (Å²) in [6.07, 6.45) is 1.90. The zero-order valence-electron chi connectivity index (χ0n) is 7.35. The second kappa shape index (κ2) is 4.53. The number of nitrogens with two attached hydrogens (primary N) is 1. The van der Waals surface area contributed by atoms with Gasteiger partial charge in [-0.2, -0.15) is 0 Å². The molecule has 3 heteroatoms. The van der Waals surface area contributed by atoms with Crippen LogP contribution in [-0.4, -0.2) is 6.54 Å². The Labute approximate surface area is 85.6 Å². The maximum atomic E-state index is 12.9. The molecule has 0 saturated heterocycles. The Bertz CT molecular complexity index is 334. The fourth-order valence-corrected chi connectivity index (χ4v) is 1.41. The highest BCUT2D eigenvalue weighted by atomic mass is 79.9. The average Bonchev–Trinajstić information content (AvgIpc) is 2.10. The molecule has 0 aromatic heterocycles. The average molecular weight is 244 g/mol. The molecular formula is C10H11BrFN. The van der Waals surface area contributed by atoms with Crippen LogP contribution >= 0.6 is 15.9 Å². The van der Waals surface area contributed by atoms with Gasteiger partial charge in [-0.05, 0) is 46.1 Å². The lowest BCUT2D eigenvalue weighted by Crippen LogP contribution is -1.94. The first kappa shape index (κ1) is 10.4. The predicted molar refractivity (Wildman–Crippen MR) is 56.8 cm³/mol. The Balaban J connectivity index is 3.04. The molecule has 0 aliphatic carbocycles.